The van der Waals surface area contributed by atoms with Crippen molar-refractivity contribution in [1.82, 2.24) is 0 Å². The highest BCUT2D eigenvalue weighted by atomic mass is 16.3. The van der Waals surface area contributed by atoms with Crippen LogP contribution in [0, 0.1) is 0 Å². The highest BCUT2D eigenvalue weighted by Crippen LogP contribution is 2.48. The lowest BCUT2D eigenvalue weighted by atomic mass is 9.97. The minimum absolute atomic E-state index is 0.388. The van der Waals surface area contributed by atoms with E-state index in [2.05, 4.69) is 51.2 Å². The quantitative estimate of drug-likeness (QED) is 0.832. The molecule has 2 nitrogen and oxygen atoms in total. The van der Waals surface area contributed by atoms with Crippen molar-refractivity contribution in [3.63, 3.8) is 0 Å². The maximum atomic E-state index is 10.3. The van der Waals surface area contributed by atoms with Crippen LogP contribution in [0.2, 0.25) is 0 Å². The first-order valence-electron chi connectivity index (χ1n) is 6.56. The molecule has 2 N–H and O–H groups in total. The van der Waals surface area contributed by atoms with Gasteiger partial charge in [-0.25, -0.2) is 0 Å². The maximum absolute atomic E-state index is 10.3. The maximum Gasteiger partial charge on any atom is 0.0918 e. The number of aliphatic hydroxyl groups is 1. The van der Waals surface area contributed by atoms with E-state index in [4.69, 9.17) is 0 Å². The van der Waals surface area contributed by atoms with Crippen molar-refractivity contribution in [2.75, 3.05) is 5.32 Å². The fourth-order valence-electron chi connectivity index (χ4n) is 2.14. The summed E-state index contributed by atoms with van der Waals surface area (Å²) in [4.78, 5) is 0. The van der Waals surface area contributed by atoms with Crippen LogP contribution in [0.5, 0.6) is 0 Å². The van der Waals surface area contributed by atoms with Crippen molar-refractivity contribution in [1.29, 1.82) is 0 Å². The van der Waals surface area contributed by atoms with Crippen LogP contribution in [0.1, 0.15) is 57.6 Å². The Hall–Kier alpha value is -1.02. The molecule has 0 amide bonds. The van der Waals surface area contributed by atoms with Gasteiger partial charge in [0.15, 0.2) is 0 Å². The first-order valence-corrected chi connectivity index (χ1v) is 6.56. The van der Waals surface area contributed by atoms with E-state index < -0.39 is 5.60 Å². The average molecular weight is 233 g/mol. The highest BCUT2D eigenvalue weighted by Gasteiger charge is 2.43. The van der Waals surface area contributed by atoms with Crippen LogP contribution in [0.3, 0.4) is 0 Å². The Bertz CT molecular complexity index is 405. The predicted molar refractivity (Wildman–Crippen MR) is 72.4 cm³/mol. The molecule has 0 heterocycles. The molecular formula is C15H23NO. The molecule has 1 aromatic carbocycles. The van der Waals surface area contributed by atoms with Gasteiger partial charge in [0.25, 0.3) is 0 Å². The van der Waals surface area contributed by atoms with Gasteiger partial charge < -0.3 is 10.4 Å². The van der Waals surface area contributed by atoms with E-state index in [0.717, 1.165) is 24.1 Å². The summed E-state index contributed by atoms with van der Waals surface area (Å²) in [5.74, 6) is 0.519. The molecule has 0 atom stereocenters. The van der Waals surface area contributed by atoms with Crippen molar-refractivity contribution in [2.24, 2.45) is 0 Å². The van der Waals surface area contributed by atoms with Crippen LogP contribution in [-0.4, -0.2) is 11.1 Å². The van der Waals surface area contributed by atoms with Gasteiger partial charge in [-0.05, 0) is 44.2 Å². The van der Waals surface area contributed by atoms with E-state index in [1.54, 1.807) is 0 Å². The first kappa shape index (κ1) is 12.4. The Morgan fingerprint density at radius 3 is 2.29 bits per heavy atom. The summed E-state index contributed by atoms with van der Waals surface area (Å²) >= 11 is 0. The molecule has 1 aromatic rings. The molecular weight excluding hydrogens is 210 g/mol. The van der Waals surface area contributed by atoms with Gasteiger partial charge in [0, 0.05) is 17.3 Å². The minimum atomic E-state index is -0.563. The van der Waals surface area contributed by atoms with Crippen LogP contribution in [0.4, 0.5) is 5.69 Å². The van der Waals surface area contributed by atoms with Crippen molar-refractivity contribution < 1.29 is 5.11 Å². The summed E-state index contributed by atoms with van der Waals surface area (Å²) in [5, 5.41) is 13.7. The van der Waals surface area contributed by atoms with Gasteiger partial charge in [-0.15, -0.1) is 0 Å². The van der Waals surface area contributed by atoms with Crippen LogP contribution in [0.25, 0.3) is 0 Å². The predicted octanol–water partition coefficient (Wildman–Crippen LogP) is 3.61. The Morgan fingerprint density at radius 1 is 1.18 bits per heavy atom. The topological polar surface area (TPSA) is 32.3 Å². The van der Waals surface area contributed by atoms with Crippen molar-refractivity contribution in [2.45, 2.75) is 58.1 Å². The molecule has 0 aromatic heterocycles. The molecule has 0 aliphatic heterocycles. The lowest BCUT2D eigenvalue weighted by molar-refractivity contribution is 0.152. The second kappa shape index (κ2) is 4.34. The molecule has 17 heavy (non-hydrogen) atoms. The Kier molecular flexibility index (Phi) is 3.17. The number of hydrogen-bond acceptors (Lipinski definition) is 2. The van der Waals surface area contributed by atoms with Crippen LogP contribution in [0.15, 0.2) is 18.2 Å². The largest absolute Gasteiger partial charge is 0.385 e. The van der Waals surface area contributed by atoms with Crippen LogP contribution < -0.4 is 5.32 Å². The number of hydrogen-bond donors (Lipinski definition) is 2. The normalized spacial score (nSPS) is 17.6. The summed E-state index contributed by atoms with van der Waals surface area (Å²) in [5.41, 5.74) is 2.93. The third-order valence-electron chi connectivity index (χ3n) is 3.38. The third-order valence-corrected chi connectivity index (χ3v) is 3.38. The minimum Gasteiger partial charge on any atom is -0.385 e. The van der Waals surface area contributed by atoms with Crippen LogP contribution in [-0.2, 0) is 5.60 Å². The molecule has 0 unspecified atom stereocenters. The molecule has 0 spiro atoms. The molecule has 0 saturated heterocycles. The molecule has 1 saturated carbocycles. The van der Waals surface area contributed by atoms with Gasteiger partial charge in [-0.3, -0.25) is 0 Å². The molecule has 94 valence electrons. The summed E-state index contributed by atoms with van der Waals surface area (Å²) in [6, 6.07) is 6.81. The second-order valence-electron chi connectivity index (χ2n) is 5.79. The smallest absolute Gasteiger partial charge is 0.0918 e. The zero-order valence-corrected chi connectivity index (χ0v) is 11.2. The van der Waals surface area contributed by atoms with E-state index in [-0.39, 0.29) is 0 Å². The summed E-state index contributed by atoms with van der Waals surface area (Å²) < 4.78 is 0. The summed E-state index contributed by atoms with van der Waals surface area (Å²) in [7, 11) is 0. The van der Waals surface area contributed by atoms with Crippen molar-refractivity contribution >= 4 is 5.69 Å². The monoisotopic (exact) mass is 233 g/mol. The number of benzene rings is 1. The zero-order chi connectivity index (χ0) is 12.6. The lowest BCUT2D eigenvalue weighted by Crippen LogP contribution is -2.15. The SMILES string of the molecule is CC(C)Nc1cc(C(C)C)ccc1C1(O)CC1. The average Bonchev–Trinajstić information content (AvgIpc) is 2.96. The molecule has 1 aliphatic rings. The Balaban J connectivity index is 2.37. The Morgan fingerprint density at radius 2 is 1.82 bits per heavy atom. The zero-order valence-electron chi connectivity index (χ0n) is 11.2. The molecule has 2 heteroatoms. The first-order chi connectivity index (χ1) is 7.92. The number of nitrogens with one attached hydrogen (secondary N) is 1. The lowest BCUT2D eigenvalue weighted by Gasteiger charge is -2.20. The van der Waals surface area contributed by atoms with Gasteiger partial charge in [-0.2, -0.15) is 0 Å². The molecule has 0 radical (unpaired) electrons. The summed E-state index contributed by atoms with van der Waals surface area (Å²) in [6.45, 7) is 8.64. The molecule has 1 fully saturated rings. The third kappa shape index (κ3) is 2.63. The fraction of sp³-hybridized carbons (Fsp3) is 0.600. The number of rotatable bonds is 4. The molecule has 1 aliphatic carbocycles. The molecule has 0 bridgehead atoms. The van der Waals surface area contributed by atoms with E-state index in [1.165, 1.54) is 5.56 Å². The van der Waals surface area contributed by atoms with E-state index >= 15 is 0 Å². The Labute approximate surface area is 104 Å². The standard InChI is InChI=1S/C15H23NO/c1-10(2)12-5-6-13(15(17)7-8-15)14(9-12)16-11(3)4/h5-6,9-11,16-17H,7-8H2,1-4H3. The van der Waals surface area contributed by atoms with Crippen molar-refractivity contribution in [3.05, 3.63) is 29.3 Å². The van der Waals surface area contributed by atoms with E-state index in [9.17, 15) is 5.11 Å². The van der Waals surface area contributed by atoms with Crippen LogP contribution >= 0.6 is 0 Å². The van der Waals surface area contributed by atoms with Gasteiger partial charge in [0.1, 0.15) is 0 Å². The molecule has 2 rings (SSSR count). The second-order valence-corrected chi connectivity index (χ2v) is 5.79. The number of anilines is 1. The van der Waals surface area contributed by atoms with E-state index in [1.807, 2.05) is 0 Å². The fourth-order valence-corrected chi connectivity index (χ4v) is 2.14. The van der Waals surface area contributed by atoms with E-state index in [0.29, 0.717) is 12.0 Å². The van der Waals surface area contributed by atoms with Gasteiger partial charge in [0.2, 0.25) is 0 Å². The highest BCUT2D eigenvalue weighted by molar-refractivity contribution is 5.58. The van der Waals surface area contributed by atoms with Crippen molar-refractivity contribution in [3.8, 4) is 0 Å². The van der Waals surface area contributed by atoms with Gasteiger partial charge in [0.05, 0.1) is 5.60 Å². The summed E-state index contributed by atoms with van der Waals surface area (Å²) in [6.07, 6.45) is 1.78. The van der Waals surface area contributed by atoms with Gasteiger partial charge in [-0.1, -0.05) is 26.0 Å². The van der Waals surface area contributed by atoms with Gasteiger partial charge >= 0.3 is 0 Å².